The zero-order valence-corrected chi connectivity index (χ0v) is 7.45. The number of hydrogen-bond acceptors (Lipinski definition) is 8. The van der Waals surface area contributed by atoms with Crippen LogP contribution in [0.1, 0.15) is 0 Å². The van der Waals surface area contributed by atoms with Crippen molar-refractivity contribution in [3.63, 3.8) is 0 Å². The Hall–Kier alpha value is -2.03. The molecular weight excluding hydrogens is 206 g/mol. The molecule has 0 bridgehead atoms. The molecule has 0 atom stereocenters. The average Bonchev–Trinajstić information content (AvgIpc) is 2.70. The van der Waals surface area contributed by atoms with Crippen LogP contribution in [0.5, 0.6) is 0 Å². The highest BCUT2D eigenvalue weighted by atomic mass is 32.1. The fraction of sp³-hybridized carbons (Fsp3) is 0. The first kappa shape index (κ1) is 7.38. The van der Waals surface area contributed by atoms with E-state index in [1.165, 1.54) is 0 Å². The van der Waals surface area contributed by atoms with Crippen LogP contribution in [-0.2, 0) is 0 Å². The zero-order chi connectivity index (χ0) is 9.71. The van der Waals surface area contributed by atoms with Gasteiger partial charge in [-0.15, -0.1) is 0 Å². The van der Waals surface area contributed by atoms with Gasteiger partial charge in [0.05, 0.1) is 0 Å². The molecule has 0 aliphatic heterocycles. The Morgan fingerprint density at radius 1 is 1.29 bits per heavy atom. The maximum atomic E-state index is 7.45. The summed E-state index contributed by atoms with van der Waals surface area (Å²) in [5, 5.41) is 14.5. The first-order valence-electron chi connectivity index (χ1n) is 3.57. The SMILES string of the molecule is N=c1sc2nc3nonc3nc2n1N. The van der Waals surface area contributed by atoms with E-state index in [1.807, 2.05) is 0 Å². The van der Waals surface area contributed by atoms with Gasteiger partial charge in [-0.05, 0) is 10.3 Å². The number of nitrogens with zero attached hydrogens (tertiary/aromatic N) is 5. The largest absolute Gasteiger partial charge is 0.335 e. The van der Waals surface area contributed by atoms with Crippen LogP contribution >= 0.6 is 11.3 Å². The molecule has 0 radical (unpaired) electrons. The van der Waals surface area contributed by atoms with Gasteiger partial charge in [-0.2, -0.15) is 4.98 Å². The molecule has 0 saturated heterocycles. The van der Waals surface area contributed by atoms with Crippen molar-refractivity contribution in [3.8, 4) is 0 Å². The quantitative estimate of drug-likeness (QED) is 0.469. The van der Waals surface area contributed by atoms with Gasteiger partial charge < -0.3 is 5.84 Å². The molecule has 3 heterocycles. The van der Waals surface area contributed by atoms with Crippen LogP contribution in [0.3, 0.4) is 0 Å². The van der Waals surface area contributed by atoms with Gasteiger partial charge >= 0.3 is 0 Å². The summed E-state index contributed by atoms with van der Waals surface area (Å²) in [5.74, 6) is 5.56. The lowest BCUT2D eigenvalue weighted by Gasteiger charge is -1.90. The van der Waals surface area contributed by atoms with Crippen molar-refractivity contribution < 1.29 is 4.63 Å². The molecule has 0 aliphatic carbocycles. The molecule has 0 amide bonds. The number of nitrogen functional groups attached to an aromatic ring is 1. The summed E-state index contributed by atoms with van der Waals surface area (Å²) in [6.07, 6.45) is 0. The number of nitrogens with one attached hydrogen (secondary N) is 1. The van der Waals surface area contributed by atoms with E-state index in [9.17, 15) is 0 Å². The van der Waals surface area contributed by atoms with Gasteiger partial charge in [0.15, 0.2) is 10.5 Å². The third kappa shape index (κ3) is 0.785. The molecule has 70 valence electrons. The first-order chi connectivity index (χ1) is 6.75. The summed E-state index contributed by atoms with van der Waals surface area (Å²) < 4.78 is 5.60. The molecule has 0 aliphatic rings. The Labute approximate surface area is 79.4 Å². The predicted octanol–water partition coefficient (Wildman–Crippen LogP) is -0.778. The molecule has 0 aromatic carbocycles. The second-order valence-electron chi connectivity index (χ2n) is 2.54. The lowest BCUT2D eigenvalue weighted by molar-refractivity contribution is 0.314. The van der Waals surface area contributed by atoms with Gasteiger partial charge in [-0.25, -0.2) is 14.3 Å². The normalized spacial score (nSPS) is 11.4. The standard InChI is InChI=1S/C5H3N7OS/c6-5-12(7)3-4(14-5)9-2-1(8-3)10-13-11-2/h6H,7H2. The maximum Gasteiger partial charge on any atom is 0.245 e. The van der Waals surface area contributed by atoms with E-state index in [-0.39, 0.29) is 10.4 Å². The van der Waals surface area contributed by atoms with Crippen molar-refractivity contribution in [2.24, 2.45) is 0 Å². The molecule has 0 spiro atoms. The van der Waals surface area contributed by atoms with E-state index in [4.69, 9.17) is 11.3 Å². The predicted molar refractivity (Wildman–Crippen MR) is 46.8 cm³/mol. The molecule has 3 rings (SSSR count). The zero-order valence-electron chi connectivity index (χ0n) is 6.63. The molecule has 3 aromatic heterocycles. The molecule has 3 N–H and O–H groups in total. The fourth-order valence-corrected chi connectivity index (χ4v) is 1.81. The van der Waals surface area contributed by atoms with Crippen LogP contribution in [0.2, 0.25) is 0 Å². The molecule has 8 nitrogen and oxygen atoms in total. The first-order valence-corrected chi connectivity index (χ1v) is 4.39. The smallest absolute Gasteiger partial charge is 0.245 e. The second kappa shape index (κ2) is 2.26. The molecule has 0 unspecified atom stereocenters. The van der Waals surface area contributed by atoms with Crippen molar-refractivity contribution in [1.82, 2.24) is 25.0 Å². The van der Waals surface area contributed by atoms with E-state index in [1.54, 1.807) is 0 Å². The summed E-state index contributed by atoms with van der Waals surface area (Å²) in [6.45, 7) is 0. The molecule has 14 heavy (non-hydrogen) atoms. The van der Waals surface area contributed by atoms with Gasteiger partial charge in [0, 0.05) is 0 Å². The summed E-state index contributed by atoms with van der Waals surface area (Å²) in [6, 6.07) is 0. The minimum atomic E-state index is 0.171. The third-order valence-electron chi connectivity index (χ3n) is 1.71. The highest BCUT2D eigenvalue weighted by molar-refractivity contribution is 7.15. The topological polar surface area (TPSA) is 119 Å². The van der Waals surface area contributed by atoms with Gasteiger partial charge in [0.1, 0.15) is 0 Å². The van der Waals surface area contributed by atoms with Crippen molar-refractivity contribution in [2.75, 3.05) is 5.84 Å². The van der Waals surface area contributed by atoms with Crippen LogP contribution in [-0.4, -0.2) is 25.0 Å². The summed E-state index contributed by atoms with van der Waals surface area (Å²) in [7, 11) is 0. The van der Waals surface area contributed by atoms with Crippen LogP contribution in [0.4, 0.5) is 0 Å². The molecular formula is C5H3N7OS. The Bertz CT molecular complexity index is 678. The highest BCUT2D eigenvalue weighted by Gasteiger charge is 2.10. The van der Waals surface area contributed by atoms with E-state index in [2.05, 4.69) is 24.9 Å². The monoisotopic (exact) mass is 209 g/mol. The van der Waals surface area contributed by atoms with Gasteiger partial charge in [-0.3, -0.25) is 5.41 Å². The van der Waals surface area contributed by atoms with E-state index in [0.717, 1.165) is 16.0 Å². The number of aromatic nitrogens is 5. The number of fused-ring (bicyclic) bond motifs is 2. The molecule has 3 aromatic rings. The summed E-state index contributed by atoms with van der Waals surface area (Å²) in [4.78, 5) is 8.86. The number of nitrogens with two attached hydrogens (primary N) is 1. The van der Waals surface area contributed by atoms with Crippen molar-refractivity contribution in [3.05, 3.63) is 4.80 Å². The van der Waals surface area contributed by atoms with Crippen LogP contribution in [0, 0.1) is 5.41 Å². The minimum Gasteiger partial charge on any atom is -0.335 e. The Balaban J connectivity index is 2.62. The lowest BCUT2D eigenvalue weighted by atomic mass is 10.6. The van der Waals surface area contributed by atoms with E-state index >= 15 is 0 Å². The van der Waals surface area contributed by atoms with Crippen molar-refractivity contribution >= 4 is 33.1 Å². The van der Waals surface area contributed by atoms with Gasteiger partial charge in [-0.1, -0.05) is 11.3 Å². The van der Waals surface area contributed by atoms with Crippen LogP contribution in [0.15, 0.2) is 4.63 Å². The summed E-state index contributed by atoms with van der Waals surface area (Å²) in [5.41, 5.74) is 1.01. The van der Waals surface area contributed by atoms with E-state index in [0.29, 0.717) is 16.1 Å². The molecule has 9 heteroatoms. The van der Waals surface area contributed by atoms with Gasteiger partial charge in [0.25, 0.3) is 0 Å². The van der Waals surface area contributed by atoms with Gasteiger partial charge in [0.2, 0.25) is 16.1 Å². The fourth-order valence-electron chi connectivity index (χ4n) is 1.08. The maximum absolute atomic E-state index is 7.45. The molecule has 0 saturated carbocycles. The highest BCUT2D eigenvalue weighted by Crippen LogP contribution is 2.13. The summed E-state index contributed by atoms with van der Waals surface area (Å²) >= 11 is 1.12. The third-order valence-corrected chi connectivity index (χ3v) is 2.56. The lowest BCUT2D eigenvalue weighted by Crippen LogP contribution is -2.21. The Morgan fingerprint density at radius 2 is 2.00 bits per heavy atom. The van der Waals surface area contributed by atoms with Crippen molar-refractivity contribution in [1.29, 1.82) is 5.41 Å². The van der Waals surface area contributed by atoms with Crippen molar-refractivity contribution in [2.45, 2.75) is 0 Å². The Morgan fingerprint density at radius 3 is 2.79 bits per heavy atom. The van der Waals surface area contributed by atoms with Crippen LogP contribution in [0.25, 0.3) is 21.8 Å². The average molecular weight is 209 g/mol. The van der Waals surface area contributed by atoms with Crippen LogP contribution < -0.4 is 10.6 Å². The Kier molecular flexibility index (Phi) is 1.19. The second-order valence-corrected chi connectivity index (χ2v) is 3.52. The number of rotatable bonds is 0. The van der Waals surface area contributed by atoms with E-state index < -0.39 is 0 Å². The minimum absolute atomic E-state index is 0.171. The molecule has 0 fully saturated rings. The number of hydrogen-bond donors (Lipinski definition) is 2. The number of thiazole rings is 1.